The van der Waals surface area contributed by atoms with Crippen LogP contribution in [0.5, 0.6) is 0 Å². The maximum atomic E-state index is 13.4. The van der Waals surface area contributed by atoms with Gasteiger partial charge in [0.25, 0.3) is 0 Å². The van der Waals surface area contributed by atoms with Crippen molar-refractivity contribution in [2.24, 2.45) is 0 Å². The molecule has 1 fully saturated rings. The average molecular weight is 300 g/mol. The highest BCUT2D eigenvalue weighted by Crippen LogP contribution is 2.26. The Hall–Kier alpha value is -2.18. The van der Waals surface area contributed by atoms with Crippen molar-refractivity contribution in [3.63, 3.8) is 0 Å². The molecule has 114 valence electrons. The second kappa shape index (κ2) is 5.23. The first-order valence-corrected chi connectivity index (χ1v) is 7.29. The fourth-order valence-corrected chi connectivity index (χ4v) is 2.95. The highest BCUT2D eigenvalue weighted by atomic mass is 19.1. The molecule has 6 heteroatoms. The first kappa shape index (κ1) is 13.5. The zero-order chi connectivity index (χ0) is 15.0. The summed E-state index contributed by atoms with van der Waals surface area (Å²) in [5, 5.41) is 4.38. The van der Waals surface area contributed by atoms with E-state index in [0.717, 1.165) is 23.0 Å². The zero-order valence-electron chi connectivity index (χ0n) is 12.1. The van der Waals surface area contributed by atoms with Crippen molar-refractivity contribution in [1.82, 2.24) is 19.9 Å². The Balaban J connectivity index is 1.47. The molecule has 3 aromatic rings. The molecule has 1 aromatic carbocycles. The predicted octanol–water partition coefficient (Wildman–Crippen LogP) is 2.02. The van der Waals surface area contributed by atoms with Gasteiger partial charge in [-0.1, -0.05) is 0 Å². The molecule has 1 saturated heterocycles. The third-order valence-corrected chi connectivity index (χ3v) is 4.29. The van der Waals surface area contributed by atoms with E-state index < -0.39 is 0 Å². The first-order chi connectivity index (χ1) is 10.8. The Morgan fingerprint density at radius 1 is 1.41 bits per heavy atom. The molecule has 22 heavy (non-hydrogen) atoms. The van der Waals surface area contributed by atoms with E-state index in [4.69, 9.17) is 4.74 Å². The molecule has 2 N–H and O–H groups in total. The molecule has 0 aliphatic carbocycles. The topological polar surface area (TPSA) is 54.9 Å². The molecule has 4 rings (SSSR count). The van der Waals surface area contributed by atoms with Crippen molar-refractivity contribution < 1.29 is 9.13 Å². The Labute approximate surface area is 127 Å². The van der Waals surface area contributed by atoms with Gasteiger partial charge in [0.2, 0.25) is 0 Å². The summed E-state index contributed by atoms with van der Waals surface area (Å²) >= 11 is 0. The summed E-state index contributed by atoms with van der Waals surface area (Å²) in [5.74, 6) is -0.212. The van der Waals surface area contributed by atoms with Gasteiger partial charge in [-0.2, -0.15) is 0 Å². The van der Waals surface area contributed by atoms with Gasteiger partial charge in [-0.25, -0.2) is 9.37 Å². The number of aromatic amines is 1. The number of fused-ring (bicyclic) bond motifs is 1. The number of nitrogens with one attached hydrogen (secondary N) is 2. The highest BCUT2D eigenvalue weighted by Gasteiger charge is 2.39. The number of H-pyrrole nitrogens is 1. The SMILES string of the molecule is Fc1ccc2[nH]cc(CNCC3(n4ccnc4)COC3)c2c1. The summed E-state index contributed by atoms with van der Waals surface area (Å²) in [6.07, 6.45) is 7.50. The van der Waals surface area contributed by atoms with Crippen molar-refractivity contribution in [2.45, 2.75) is 12.1 Å². The molecule has 0 unspecified atom stereocenters. The van der Waals surface area contributed by atoms with Gasteiger partial charge in [0.05, 0.1) is 19.5 Å². The van der Waals surface area contributed by atoms with Crippen molar-refractivity contribution >= 4 is 10.9 Å². The van der Waals surface area contributed by atoms with Crippen LogP contribution >= 0.6 is 0 Å². The molecular formula is C16H17FN4O. The number of aromatic nitrogens is 3. The smallest absolute Gasteiger partial charge is 0.123 e. The minimum absolute atomic E-state index is 0.0616. The summed E-state index contributed by atoms with van der Waals surface area (Å²) in [7, 11) is 0. The third-order valence-electron chi connectivity index (χ3n) is 4.29. The van der Waals surface area contributed by atoms with Crippen LogP contribution in [0, 0.1) is 5.82 Å². The first-order valence-electron chi connectivity index (χ1n) is 7.29. The van der Waals surface area contributed by atoms with Gasteiger partial charge in [-0.05, 0) is 23.8 Å². The highest BCUT2D eigenvalue weighted by molar-refractivity contribution is 5.83. The normalized spacial score (nSPS) is 16.8. The molecular weight excluding hydrogens is 283 g/mol. The molecule has 0 bridgehead atoms. The average Bonchev–Trinajstić information content (AvgIpc) is 3.12. The molecule has 5 nitrogen and oxygen atoms in total. The van der Waals surface area contributed by atoms with Crippen LogP contribution in [0.4, 0.5) is 4.39 Å². The van der Waals surface area contributed by atoms with Gasteiger partial charge < -0.3 is 19.6 Å². The standard InChI is InChI=1S/C16H17FN4O/c17-13-1-2-15-14(5-13)12(7-20-15)6-19-8-16(9-22-10-16)21-4-3-18-11-21/h1-5,7,11,19-20H,6,8-10H2. The maximum absolute atomic E-state index is 13.4. The van der Waals surface area contributed by atoms with E-state index >= 15 is 0 Å². The monoisotopic (exact) mass is 300 g/mol. The van der Waals surface area contributed by atoms with Gasteiger partial charge in [0.15, 0.2) is 0 Å². The van der Waals surface area contributed by atoms with Crippen LogP contribution in [0.1, 0.15) is 5.56 Å². The molecule has 0 amide bonds. The van der Waals surface area contributed by atoms with Gasteiger partial charge in [-0.3, -0.25) is 0 Å². The van der Waals surface area contributed by atoms with Crippen LogP contribution in [-0.4, -0.2) is 34.3 Å². The summed E-state index contributed by atoms with van der Waals surface area (Å²) in [6, 6.07) is 4.80. The lowest BCUT2D eigenvalue weighted by Crippen LogP contribution is -2.57. The minimum Gasteiger partial charge on any atom is -0.376 e. The Bertz CT molecular complexity index is 777. The molecule has 0 spiro atoms. The van der Waals surface area contributed by atoms with E-state index in [-0.39, 0.29) is 11.4 Å². The summed E-state index contributed by atoms with van der Waals surface area (Å²) in [5.41, 5.74) is 1.96. The lowest BCUT2D eigenvalue weighted by atomic mass is 9.97. The molecule has 0 saturated carbocycles. The van der Waals surface area contributed by atoms with Gasteiger partial charge >= 0.3 is 0 Å². The predicted molar refractivity (Wildman–Crippen MR) is 81.0 cm³/mol. The third kappa shape index (κ3) is 2.20. The minimum atomic E-state index is -0.212. The fraction of sp³-hybridized carbons (Fsp3) is 0.312. The van der Waals surface area contributed by atoms with Gasteiger partial charge in [0.1, 0.15) is 11.4 Å². The lowest BCUT2D eigenvalue weighted by Gasteiger charge is -2.42. The Morgan fingerprint density at radius 3 is 3.05 bits per heavy atom. The van der Waals surface area contributed by atoms with Crippen LogP contribution in [-0.2, 0) is 16.8 Å². The number of rotatable bonds is 5. The molecule has 1 aliphatic heterocycles. The number of nitrogens with zero attached hydrogens (tertiary/aromatic N) is 2. The number of hydrogen-bond donors (Lipinski definition) is 2. The maximum Gasteiger partial charge on any atom is 0.123 e. The van der Waals surface area contributed by atoms with E-state index in [1.54, 1.807) is 18.3 Å². The summed E-state index contributed by atoms with van der Waals surface area (Å²) in [4.78, 5) is 7.28. The van der Waals surface area contributed by atoms with E-state index in [9.17, 15) is 4.39 Å². The van der Waals surface area contributed by atoms with Crippen LogP contribution in [0.2, 0.25) is 0 Å². The number of halogens is 1. The summed E-state index contributed by atoms with van der Waals surface area (Å²) < 4.78 is 20.9. The van der Waals surface area contributed by atoms with Crippen LogP contribution in [0.3, 0.4) is 0 Å². The van der Waals surface area contributed by atoms with E-state index in [0.29, 0.717) is 19.8 Å². The van der Waals surface area contributed by atoms with Crippen LogP contribution in [0.15, 0.2) is 43.1 Å². The van der Waals surface area contributed by atoms with E-state index in [1.165, 1.54) is 6.07 Å². The quantitative estimate of drug-likeness (QED) is 0.758. The van der Waals surface area contributed by atoms with Crippen LogP contribution in [0.25, 0.3) is 10.9 Å². The van der Waals surface area contributed by atoms with Crippen molar-refractivity contribution in [1.29, 1.82) is 0 Å². The van der Waals surface area contributed by atoms with E-state index in [2.05, 4.69) is 19.9 Å². The van der Waals surface area contributed by atoms with Gasteiger partial charge in [0, 0.05) is 42.6 Å². The molecule has 0 atom stereocenters. The molecule has 2 aromatic heterocycles. The van der Waals surface area contributed by atoms with Crippen LogP contribution < -0.4 is 5.32 Å². The number of benzene rings is 1. The van der Waals surface area contributed by atoms with Gasteiger partial charge in [-0.15, -0.1) is 0 Å². The van der Waals surface area contributed by atoms with Crippen molar-refractivity contribution in [3.05, 3.63) is 54.5 Å². The Morgan fingerprint density at radius 2 is 2.32 bits per heavy atom. The largest absolute Gasteiger partial charge is 0.376 e. The fourth-order valence-electron chi connectivity index (χ4n) is 2.95. The summed E-state index contributed by atoms with van der Waals surface area (Å²) in [6.45, 7) is 2.82. The van der Waals surface area contributed by atoms with Crippen molar-refractivity contribution in [2.75, 3.05) is 19.8 Å². The second-order valence-electron chi connectivity index (χ2n) is 5.79. The molecule has 3 heterocycles. The number of ether oxygens (including phenoxy) is 1. The number of hydrogen-bond acceptors (Lipinski definition) is 3. The second-order valence-corrected chi connectivity index (χ2v) is 5.79. The number of imidazole rings is 1. The van der Waals surface area contributed by atoms with Crippen molar-refractivity contribution in [3.8, 4) is 0 Å². The zero-order valence-corrected chi connectivity index (χ0v) is 12.1. The van der Waals surface area contributed by atoms with E-state index in [1.807, 2.05) is 18.7 Å². The Kier molecular flexibility index (Phi) is 3.20. The molecule has 1 aliphatic rings. The molecule has 0 radical (unpaired) electrons. The lowest BCUT2D eigenvalue weighted by molar-refractivity contribution is -0.0993.